The first-order valence-electron chi connectivity index (χ1n) is 7.72. The van der Waals surface area contributed by atoms with Gasteiger partial charge in [0.2, 0.25) is 0 Å². The van der Waals surface area contributed by atoms with Crippen molar-refractivity contribution >= 4 is 12.0 Å². The van der Waals surface area contributed by atoms with Crippen molar-refractivity contribution in [3.05, 3.63) is 53.9 Å². The Kier molecular flexibility index (Phi) is 5.95. The zero-order valence-corrected chi connectivity index (χ0v) is 13.8. The summed E-state index contributed by atoms with van der Waals surface area (Å²) < 4.78 is 1.84. The third kappa shape index (κ3) is 5.12. The minimum absolute atomic E-state index is 0.171. The molecule has 1 aromatic heterocycles. The van der Waals surface area contributed by atoms with Crippen molar-refractivity contribution in [2.45, 2.75) is 20.0 Å². The molecule has 0 radical (unpaired) electrons. The molecule has 0 aliphatic rings. The summed E-state index contributed by atoms with van der Waals surface area (Å²) in [5.41, 5.74) is 2.11. The number of carboxylic acid groups (broad SMARTS) is 1. The molecule has 0 fully saturated rings. The normalized spacial score (nSPS) is 11.8. The topological polar surface area (TPSA) is 87.5 Å². The molecule has 0 bridgehead atoms. The summed E-state index contributed by atoms with van der Waals surface area (Å²) in [6.07, 6.45) is 3.65. The minimum atomic E-state index is -0.914. The first-order chi connectivity index (χ1) is 11.5. The van der Waals surface area contributed by atoms with E-state index in [9.17, 15) is 9.59 Å². The molecule has 1 aromatic carbocycles. The van der Waals surface area contributed by atoms with Crippen LogP contribution >= 0.6 is 0 Å². The molecular weight excluding hydrogens is 308 g/mol. The second-order valence-electron chi connectivity index (χ2n) is 5.80. The van der Waals surface area contributed by atoms with Gasteiger partial charge < -0.3 is 15.3 Å². The molecule has 2 amide bonds. The van der Waals surface area contributed by atoms with Crippen LogP contribution in [0.4, 0.5) is 4.79 Å². The van der Waals surface area contributed by atoms with Gasteiger partial charge in [-0.1, -0.05) is 31.2 Å². The van der Waals surface area contributed by atoms with Crippen LogP contribution in [-0.4, -0.2) is 45.4 Å². The summed E-state index contributed by atoms with van der Waals surface area (Å²) in [5.74, 6) is -1.51. The summed E-state index contributed by atoms with van der Waals surface area (Å²) in [5, 5.41) is 15.8. The highest BCUT2D eigenvalue weighted by molar-refractivity contribution is 5.75. The van der Waals surface area contributed by atoms with Crippen LogP contribution in [-0.2, 0) is 17.9 Å². The predicted octanol–water partition coefficient (Wildman–Crippen LogP) is 1.79. The molecule has 7 heteroatoms. The van der Waals surface area contributed by atoms with Gasteiger partial charge >= 0.3 is 12.0 Å². The van der Waals surface area contributed by atoms with E-state index in [0.717, 1.165) is 11.1 Å². The van der Waals surface area contributed by atoms with Gasteiger partial charge in [0.05, 0.1) is 12.5 Å². The standard InChI is InChI=1S/C17H22N4O3/c1-13(16(22)23)11-20(2)17(24)18-10-14-4-6-15(7-5-14)12-21-9-3-8-19-21/h3-9,13H,10-12H2,1-2H3,(H,18,24)(H,22,23). The number of carbonyl (C=O) groups excluding carboxylic acids is 1. The zero-order valence-electron chi connectivity index (χ0n) is 13.8. The van der Waals surface area contributed by atoms with E-state index in [4.69, 9.17) is 5.11 Å². The maximum atomic E-state index is 12.0. The molecule has 128 valence electrons. The molecule has 2 N–H and O–H groups in total. The van der Waals surface area contributed by atoms with E-state index in [1.54, 1.807) is 20.2 Å². The van der Waals surface area contributed by atoms with Gasteiger partial charge in [0.25, 0.3) is 0 Å². The van der Waals surface area contributed by atoms with Crippen LogP contribution in [0.15, 0.2) is 42.7 Å². The Labute approximate surface area is 140 Å². The number of carboxylic acids is 1. The third-order valence-corrected chi connectivity index (χ3v) is 3.69. The second kappa shape index (κ2) is 8.14. The maximum absolute atomic E-state index is 12.0. The molecule has 0 aliphatic carbocycles. The highest BCUT2D eigenvalue weighted by Gasteiger charge is 2.16. The van der Waals surface area contributed by atoms with E-state index in [2.05, 4.69) is 10.4 Å². The summed E-state index contributed by atoms with van der Waals surface area (Å²) in [6, 6.07) is 9.51. The first kappa shape index (κ1) is 17.5. The summed E-state index contributed by atoms with van der Waals surface area (Å²) in [4.78, 5) is 24.2. The Balaban J connectivity index is 1.81. The number of hydrogen-bond donors (Lipinski definition) is 2. The molecule has 0 saturated carbocycles. The van der Waals surface area contributed by atoms with Crippen molar-refractivity contribution in [2.24, 2.45) is 5.92 Å². The maximum Gasteiger partial charge on any atom is 0.317 e. The number of aromatic nitrogens is 2. The van der Waals surface area contributed by atoms with Crippen LogP contribution in [0.5, 0.6) is 0 Å². The predicted molar refractivity (Wildman–Crippen MR) is 89.4 cm³/mol. The lowest BCUT2D eigenvalue weighted by molar-refractivity contribution is -0.141. The Morgan fingerprint density at radius 2 is 1.96 bits per heavy atom. The molecule has 1 atom stereocenters. The van der Waals surface area contributed by atoms with E-state index >= 15 is 0 Å². The molecule has 2 aromatic rings. The largest absolute Gasteiger partial charge is 0.481 e. The summed E-state index contributed by atoms with van der Waals surface area (Å²) in [7, 11) is 1.59. The number of nitrogens with zero attached hydrogens (tertiary/aromatic N) is 3. The van der Waals surface area contributed by atoms with Gasteiger partial charge in [-0.3, -0.25) is 9.48 Å². The number of carbonyl (C=O) groups is 2. The molecule has 0 saturated heterocycles. The van der Waals surface area contributed by atoms with Crippen molar-refractivity contribution < 1.29 is 14.7 Å². The van der Waals surface area contributed by atoms with Crippen LogP contribution in [0.2, 0.25) is 0 Å². The van der Waals surface area contributed by atoms with E-state index in [1.165, 1.54) is 4.90 Å². The van der Waals surface area contributed by atoms with Crippen LogP contribution in [0.3, 0.4) is 0 Å². The van der Waals surface area contributed by atoms with Crippen LogP contribution in [0.1, 0.15) is 18.1 Å². The van der Waals surface area contributed by atoms with Gasteiger partial charge in [0.15, 0.2) is 0 Å². The molecule has 0 aliphatic heterocycles. The van der Waals surface area contributed by atoms with Crippen molar-refractivity contribution in [2.75, 3.05) is 13.6 Å². The van der Waals surface area contributed by atoms with Gasteiger partial charge in [-0.05, 0) is 17.2 Å². The quantitative estimate of drug-likeness (QED) is 0.810. The van der Waals surface area contributed by atoms with E-state index in [1.807, 2.05) is 41.2 Å². The van der Waals surface area contributed by atoms with Crippen LogP contribution in [0.25, 0.3) is 0 Å². The van der Waals surface area contributed by atoms with E-state index < -0.39 is 11.9 Å². The van der Waals surface area contributed by atoms with Crippen molar-refractivity contribution in [3.8, 4) is 0 Å². The van der Waals surface area contributed by atoms with Crippen LogP contribution in [0, 0.1) is 5.92 Å². The Morgan fingerprint density at radius 3 is 2.54 bits per heavy atom. The van der Waals surface area contributed by atoms with Crippen molar-refractivity contribution in [1.82, 2.24) is 20.0 Å². The number of amides is 2. The average molecular weight is 330 g/mol. The van der Waals surface area contributed by atoms with E-state index in [0.29, 0.717) is 13.1 Å². The second-order valence-corrected chi connectivity index (χ2v) is 5.80. The molecule has 7 nitrogen and oxygen atoms in total. The number of benzene rings is 1. The molecular formula is C17H22N4O3. The van der Waals surface area contributed by atoms with Gasteiger partial charge in [-0.2, -0.15) is 5.10 Å². The fourth-order valence-corrected chi connectivity index (χ4v) is 2.23. The Bertz CT molecular complexity index is 668. The lowest BCUT2D eigenvalue weighted by atomic mass is 10.1. The number of aliphatic carboxylic acids is 1. The number of hydrogen-bond acceptors (Lipinski definition) is 3. The molecule has 1 heterocycles. The highest BCUT2D eigenvalue weighted by atomic mass is 16.4. The zero-order chi connectivity index (χ0) is 17.5. The van der Waals surface area contributed by atoms with Gasteiger partial charge in [0, 0.05) is 32.5 Å². The summed E-state index contributed by atoms with van der Waals surface area (Å²) >= 11 is 0. The number of urea groups is 1. The fourth-order valence-electron chi connectivity index (χ4n) is 2.23. The minimum Gasteiger partial charge on any atom is -0.481 e. The smallest absolute Gasteiger partial charge is 0.317 e. The molecule has 2 rings (SSSR count). The van der Waals surface area contributed by atoms with Gasteiger partial charge in [0.1, 0.15) is 0 Å². The molecule has 24 heavy (non-hydrogen) atoms. The third-order valence-electron chi connectivity index (χ3n) is 3.69. The number of rotatable bonds is 7. The fraction of sp³-hybridized carbons (Fsp3) is 0.353. The number of nitrogens with one attached hydrogen (secondary N) is 1. The SMILES string of the molecule is CC(CN(C)C(=O)NCc1ccc(Cn2cccn2)cc1)C(=O)O. The van der Waals surface area contributed by atoms with E-state index in [-0.39, 0.29) is 12.6 Å². The Morgan fingerprint density at radius 1 is 1.29 bits per heavy atom. The van der Waals surface area contributed by atoms with Crippen molar-refractivity contribution in [1.29, 1.82) is 0 Å². The average Bonchev–Trinajstić information content (AvgIpc) is 3.06. The Hall–Kier alpha value is -2.83. The van der Waals surface area contributed by atoms with Gasteiger partial charge in [-0.25, -0.2) is 4.79 Å². The molecule has 0 spiro atoms. The first-order valence-corrected chi connectivity index (χ1v) is 7.72. The monoisotopic (exact) mass is 330 g/mol. The van der Waals surface area contributed by atoms with Crippen LogP contribution < -0.4 is 5.32 Å². The van der Waals surface area contributed by atoms with Crippen molar-refractivity contribution in [3.63, 3.8) is 0 Å². The highest BCUT2D eigenvalue weighted by Crippen LogP contribution is 2.06. The van der Waals surface area contributed by atoms with Gasteiger partial charge in [-0.15, -0.1) is 0 Å². The lowest BCUT2D eigenvalue weighted by Crippen LogP contribution is -2.40. The molecule has 1 unspecified atom stereocenters. The summed E-state index contributed by atoms with van der Waals surface area (Å²) in [6.45, 7) is 2.84. The lowest BCUT2D eigenvalue weighted by Gasteiger charge is -2.20.